The highest BCUT2D eigenvalue weighted by atomic mass is 19.3. The van der Waals surface area contributed by atoms with Crippen molar-refractivity contribution in [2.75, 3.05) is 7.05 Å². The van der Waals surface area contributed by atoms with E-state index in [1.165, 1.54) is 36.2 Å². The Balaban J connectivity index is 2.06. The zero-order chi connectivity index (χ0) is 21.0. The Hall–Kier alpha value is -3.47. The van der Waals surface area contributed by atoms with E-state index in [1.807, 2.05) is 18.2 Å². The Labute approximate surface area is 167 Å². The first-order valence-electron chi connectivity index (χ1n) is 9.03. The van der Waals surface area contributed by atoms with Crippen LogP contribution >= 0.6 is 0 Å². The molecule has 1 aliphatic rings. The van der Waals surface area contributed by atoms with Crippen molar-refractivity contribution in [3.8, 4) is 11.8 Å². The number of carbonyl (C=O) groups excluding carboxylic acids is 1. The smallest absolute Gasteiger partial charge is 0.387 e. The lowest BCUT2D eigenvalue weighted by molar-refractivity contribution is -0.129. The minimum absolute atomic E-state index is 0.0140. The van der Waals surface area contributed by atoms with Gasteiger partial charge >= 0.3 is 6.61 Å². The number of nitrogens with zero attached hydrogens (tertiary/aromatic N) is 3. The SMILES string of the molecule is CN1C(=O)[C@@](c2ccc(OC(F)F)cc2)(c2cccc(CCCC#N)c2)N=C1N. The Morgan fingerprint density at radius 3 is 2.55 bits per heavy atom. The number of rotatable bonds is 7. The molecule has 150 valence electrons. The van der Waals surface area contributed by atoms with E-state index in [-0.39, 0.29) is 17.6 Å². The predicted octanol–water partition coefficient (Wildman–Crippen LogP) is 3.16. The number of guanidine groups is 1. The number of nitriles is 1. The number of hydrogen-bond donors (Lipinski definition) is 1. The van der Waals surface area contributed by atoms with E-state index in [4.69, 9.17) is 11.0 Å². The Bertz CT molecular complexity index is 969. The normalized spacial score (nSPS) is 18.7. The van der Waals surface area contributed by atoms with Gasteiger partial charge in [-0.2, -0.15) is 14.0 Å². The summed E-state index contributed by atoms with van der Waals surface area (Å²) in [6.45, 7) is -2.94. The number of ether oxygens (including phenoxy) is 1. The molecular formula is C21H20F2N4O2. The van der Waals surface area contributed by atoms with Gasteiger partial charge in [0.2, 0.25) is 0 Å². The highest BCUT2D eigenvalue weighted by Crippen LogP contribution is 2.40. The molecule has 2 aromatic rings. The van der Waals surface area contributed by atoms with Crippen LogP contribution in [0.2, 0.25) is 0 Å². The zero-order valence-electron chi connectivity index (χ0n) is 15.8. The van der Waals surface area contributed by atoms with Crippen LogP contribution < -0.4 is 10.5 Å². The van der Waals surface area contributed by atoms with E-state index >= 15 is 0 Å². The van der Waals surface area contributed by atoms with Gasteiger partial charge in [0.15, 0.2) is 11.5 Å². The molecule has 3 rings (SSSR count). The standard InChI is InChI=1S/C21H20F2N4O2/c1-27-18(28)21(26-20(27)25,15-8-10-17(11-9-15)29-19(22)23)16-7-4-6-14(13-16)5-2-3-12-24/h4,6-11,13,19H,2-3,5H2,1H3,(H2,25,26)/t21-/m1/s1. The second kappa shape index (κ2) is 8.27. The molecule has 6 nitrogen and oxygen atoms in total. The van der Waals surface area contributed by atoms with Crippen molar-refractivity contribution < 1.29 is 18.3 Å². The summed E-state index contributed by atoms with van der Waals surface area (Å²) >= 11 is 0. The van der Waals surface area contributed by atoms with Gasteiger partial charge in [-0.1, -0.05) is 36.4 Å². The van der Waals surface area contributed by atoms with Gasteiger partial charge in [-0.3, -0.25) is 9.69 Å². The number of carbonyl (C=O) groups is 1. The molecule has 0 aromatic heterocycles. The number of nitrogens with two attached hydrogens (primary N) is 1. The number of aliphatic imine (C=N–C) groups is 1. The maximum absolute atomic E-state index is 13.2. The minimum Gasteiger partial charge on any atom is -0.435 e. The number of likely N-dealkylation sites (N-methyl/N-ethyl adjacent to an activating group) is 1. The molecular weight excluding hydrogens is 378 g/mol. The van der Waals surface area contributed by atoms with Gasteiger partial charge < -0.3 is 10.5 Å². The third-order valence-electron chi connectivity index (χ3n) is 4.84. The van der Waals surface area contributed by atoms with E-state index < -0.39 is 12.2 Å². The summed E-state index contributed by atoms with van der Waals surface area (Å²) in [7, 11) is 1.54. The number of alkyl halides is 2. The number of aryl methyl sites for hydroxylation is 1. The van der Waals surface area contributed by atoms with Crippen LogP contribution in [0.5, 0.6) is 5.75 Å². The summed E-state index contributed by atoms with van der Waals surface area (Å²) < 4.78 is 29.3. The first-order valence-corrected chi connectivity index (χ1v) is 9.03. The number of hydrogen-bond acceptors (Lipinski definition) is 5. The molecule has 1 heterocycles. The fourth-order valence-electron chi connectivity index (χ4n) is 3.39. The Morgan fingerprint density at radius 2 is 1.97 bits per heavy atom. The fourth-order valence-corrected chi connectivity index (χ4v) is 3.39. The van der Waals surface area contributed by atoms with Gasteiger partial charge in [0.1, 0.15) is 5.75 Å². The van der Waals surface area contributed by atoms with Crippen molar-refractivity contribution in [2.24, 2.45) is 10.7 Å². The predicted molar refractivity (Wildman–Crippen MR) is 103 cm³/mol. The fraction of sp³-hybridized carbons (Fsp3) is 0.286. The van der Waals surface area contributed by atoms with Crippen LogP contribution in [0, 0.1) is 11.3 Å². The van der Waals surface area contributed by atoms with Crippen LogP contribution in [0.15, 0.2) is 53.5 Å². The summed E-state index contributed by atoms with van der Waals surface area (Å²) in [6, 6.07) is 15.3. The zero-order valence-corrected chi connectivity index (χ0v) is 15.8. The second-order valence-electron chi connectivity index (χ2n) is 6.66. The van der Waals surface area contributed by atoms with Gasteiger partial charge in [-0.25, -0.2) is 4.99 Å². The molecule has 0 spiro atoms. The van der Waals surface area contributed by atoms with Crippen LogP contribution in [0.3, 0.4) is 0 Å². The quantitative estimate of drug-likeness (QED) is 0.725. The van der Waals surface area contributed by atoms with E-state index in [2.05, 4.69) is 15.8 Å². The second-order valence-corrected chi connectivity index (χ2v) is 6.66. The van der Waals surface area contributed by atoms with E-state index in [0.29, 0.717) is 30.4 Å². The van der Waals surface area contributed by atoms with Gasteiger partial charge in [0.25, 0.3) is 5.91 Å². The van der Waals surface area contributed by atoms with E-state index in [1.54, 1.807) is 6.07 Å². The monoisotopic (exact) mass is 398 g/mol. The lowest BCUT2D eigenvalue weighted by Gasteiger charge is -2.26. The molecule has 1 aliphatic heterocycles. The summed E-state index contributed by atoms with van der Waals surface area (Å²) in [5, 5.41) is 8.74. The maximum atomic E-state index is 13.2. The van der Waals surface area contributed by atoms with Crippen LogP contribution in [0.1, 0.15) is 29.5 Å². The van der Waals surface area contributed by atoms with E-state index in [0.717, 1.165) is 5.56 Å². The maximum Gasteiger partial charge on any atom is 0.387 e. The largest absolute Gasteiger partial charge is 0.435 e. The topological polar surface area (TPSA) is 91.7 Å². The average Bonchev–Trinajstić information content (AvgIpc) is 2.93. The highest BCUT2D eigenvalue weighted by molar-refractivity contribution is 6.08. The first kappa shape index (κ1) is 20.3. The van der Waals surface area contributed by atoms with Crippen molar-refractivity contribution in [3.05, 3.63) is 65.2 Å². The molecule has 0 unspecified atom stereocenters. The molecule has 1 atom stereocenters. The lowest BCUT2D eigenvalue weighted by Crippen LogP contribution is -2.41. The van der Waals surface area contributed by atoms with Crippen molar-refractivity contribution >= 4 is 11.9 Å². The molecule has 1 amide bonds. The van der Waals surface area contributed by atoms with Gasteiger partial charge in [-0.05, 0) is 41.7 Å². The third-order valence-corrected chi connectivity index (χ3v) is 4.84. The first-order chi connectivity index (χ1) is 13.9. The summed E-state index contributed by atoms with van der Waals surface area (Å²) in [5.74, 6) is -0.288. The lowest BCUT2D eigenvalue weighted by atomic mass is 9.82. The number of unbranched alkanes of at least 4 members (excludes halogenated alkanes) is 1. The average molecular weight is 398 g/mol. The number of benzene rings is 2. The molecule has 0 saturated carbocycles. The van der Waals surface area contributed by atoms with E-state index in [9.17, 15) is 13.6 Å². The summed E-state index contributed by atoms with van der Waals surface area (Å²) in [6.07, 6.45) is 1.82. The third kappa shape index (κ3) is 3.90. The molecule has 0 saturated heterocycles. The van der Waals surface area contributed by atoms with Crippen LogP contribution in [0.25, 0.3) is 0 Å². The molecule has 2 aromatic carbocycles. The van der Waals surface area contributed by atoms with Gasteiger partial charge in [0, 0.05) is 13.5 Å². The molecule has 0 fully saturated rings. The summed E-state index contributed by atoms with van der Waals surface area (Å²) in [4.78, 5) is 19.0. The molecule has 2 N–H and O–H groups in total. The van der Waals surface area contributed by atoms with Crippen molar-refractivity contribution in [1.82, 2.24) is 4.90 Å². The molecule has 8 heteroatoms. The number of amides is 1. The molecule has 29 heavy (non-hydrogen) atoms. The van der Waals surface area contributed by atoms with Gasteiger partial charge in [-0.15, -0.1) is 0 Å². The van der Waals surface area contributed by atoms with Gasteiger partial charge in [0.05, 0.1) is 6.07 Å². The highest BCUT2D eigenvalue weighted by Gasteiger charge is 2.49. The number of halogens is 2. The minimum atomic E-state index is -2.94. The van der Waals surface area contributed by atoms with Crippen molar-refractivity contribution in [1.29, 1.82) is 5.26 Å². The van der Waals surface area contributed by atoms with Crippen molar-refractivity contribution in [2.45, 2.75) is 31.4 Å². The van der Waals surface area contributed by atoms with Crippen LogP contribution in [-0.4, -0.2) is 30.4 Å². The Morgan fingerprint density at radius 1 is 1.24 bits per heavy atom. The summed E-state index contributed by atoms with van der Waals surface area (Å²) in [5.41, 5.74) is 6.61. The van der Waals surface area contributed by atoms with Crippen molar-refractivity contribution in [3.63, 3.8) is 0 Å². The molecule has 0 aliphatic carbocycles. The van der Waals surface area contributed by atoms with Crippen LogP contribution in [0.4, 0.5) is 8.78 Å². The molecule has 0 bridgehead atoms. The Kier molecular flexibility index (Phi) is 5.78. The van der Waals surface area contributed by atoms with Crippen LogP contribution in [-0.2, 0) is 16.8 Å². The molecule has 0 radical (unpaired) electrons.